The van der Waals surface area contributed by atoms with Crippen molar-refractivity contribution in [2.45, 2.75) is 57.6 Å². The van der Waals surface area contributed by atoms with Crippen LogP contribution in [0.2, 0.25) is 0 Å². The number of hydrogen-bond acceptors (Lipinski definition) is 2. The van der Waals surface area contributed by atoms with Gasteiger partial charge in [-0.2, -0.15) is 0 Å². The molecule has 1 heterocycles. The van der Waals surface area contributed by atoms with Crippen LogP contribution in [-0.4, -0.2) is 25.3 Å². The monoisotopic (exact) mass is 209 g/mol. The van der Waals surface area contributed by atoms with Crippen LogP contribution in [0.4, 0.5) is 0 Å². The van der Waals surface area contributed by atoms with Gasteiger partial charge in [-0.15, -0.1) is 0 Å². The first-order valence-electron chi connectivity index (χ1n) is 6.39. The van der Waals surface area contributed by atoms with Crippen LogP contribution in [0.25, 0.3) is 0 Å². The SMILES string of the molecule is C[C@H]1OCC[C@@H]1NCCC1=CCCCC1. The summed E-state index contributed by atoms with van der Waals surface area (Å²) < 4.78 is 5.53. The second kappa shape index (κ2) is 5.66. The van der Waals surface area contributed by atoms with E-state index in [4.69, 9.17) is 4.74 Å². The summed E-state index contributed by atoms with van der Waals surface area (Å²) in [4.78, 5) is 0. The van der Waals surface area contributed by atoms with E-state index in [0.29, 0.717) is 12.1 Å². The van der Waals surface area contributed by atoms with Gasteiger partial charge in [0.25, 0.3) is 0 Å². The van der Waals surface area contributed by atoms with E-state index in [2.05, 4.69) is 18.3 Å². The molecule has 2 heteroatoms. The first kappa shape index (κ1) is 11.2. The minimum atomic E-state index is 0.408. The second-order valence-electron chi connectivity index (χ2n) is 4.78. The fourth-order valence-electron chi connectivity index (χ4n) is 2.55. The van der Waals surface area contributed by atoms with Crippen molar-refractivity contribution < 1.29 is 4.74 Å². The predicted molar refractivity (Wildman–Crippen MR) is 63.0 cm³/mol. The van der Waals surface area contributed by atoms with E-state index in [-0.39, 0.29) is 0 Å². The number of allylic oxidation sites excluding steroid dienone is 1. The van der Waals surface area contributed by atoms with Gasteiger partial charge >= 0.3 is 0 Å². The lowest BCUT2D eigenvalue weighted by Gasteiger charge is -2.17. The first-order chi connectivity index (χ1) is 7.36. The third-order valence-electron chi connectivity index (χ3n) is 3.61. The lowest BCUT2D eigenvalue weighted by Crippen LogP contribution is -2.35. The Morgan fingerprint density at radius 1 is 1.47 bits per heavy atom. The molecule has 1 saturated heterocycles. The summed E-state index contributed by atoms with van der Waals surface area (Å²) in [7, 11) is 0. The van der Waals surface area contributed by atoms with Gasteiger partial charge < -0.3 is 10.1 Å². The van der Waals surface area contributed by atoms with E-state index in [9.17, 15) is 0 Å². The molecule has 1 fully saturated rings. The second-order valence-corrected chi connectivity index (χ2v) is 4.78. The molecule has 2 nitrogen and oxygen atoms in total. The molecule has 0 aromatic rings. The zero-order valence-electron chi connectivity index (χ0n) is 9.80. The number of nitrogens with one attached hydrogen (secondary N) is 1. The third-order valence-corrected chi connectivity index (χ3v) is 3.61. The predicted octanol–water partition coefficient (Wildman–Crippen LogP) is 2.64. The summed E-state index contributed by atoms with van der Waals surface area (Å²) in [5.41, 5.74) is 1.67. The Morgan fingerprint density at radius 3 is 3.07 bits per heavy atom. The molecule has 1 aliphatic heterocycles. The highest BCUT2D eigenvalue weighted by molar-refractivity contribution is 5.05. The van der Waals surface area contributed by atoms with Crippen molar-refractivity contribution in [1.29, 1.82) is 0 Å². The van der Waals surface area contributed by atoms with Crippen molar-refractivity contribution in [2.75, 3.05) is 13.2 Å². The maximum absolute atomic E-state index is 5.53. The van der Waals surface area contributed by atoms with Gasteiger partial charge in [-0.1, -0.05) is 11.6 Å². The minimum Gasteiger partial charge on any atom is -0.377 e. The molecule has 2 rings (SSSR count). The van der Waals surface area contributed by atoms with Gasteiger partial charge in [0.1, 0.15) is 0 Å². The summed E-state index contributed by atoms with van der Waals surface area (Å²) in [5, 5.41) is 3.61. The molecule has 2 aliphatic rings. The molecular weight excluding hydrogens is 186 g/mol. The largest absolute Gasteiger partial charge is 0.377 e. The summed E-state index contributed by atoms with van der Waals surface area (Å²) in [5.74, 6) is 0. The van der Waals surface area contributed by atoms with Crippen LogP contribution in [0.15, 0.2) is 11.6 Å². The van der Waals surface area contributed by atoms with E-state index in [0.717, 1.165) is 13.2 Å². The molecule has 86 valence electrons. The maximum Gasteiger partial charge on any atom is 0.0700 e. The van der Waals surface area contributed by atoms with E-state index < -0.39 is 0 Å². The van der Waals surface area contributed by atoms with E-state index in [1.165, 1.54) is 38.5 Å². The van der Waals surface area contributed by atoms with Crippen LogP contribution in [0.3, 0.4) is 0 Å². The normalized spacial score (nSPS) is 31.7. The first-order valence-corrected chi connectivity index (χ1v) is 6.39. The highest BCUT2D eigenvalue weighted by atomic mass is 16.5. The third kappa shape index (κ3) is 3.32. The van der Waals surface area contributed by atoms with Crippen LogP contribution in [0, 0.1) is 0 Å². The van der Waals surface area contributed by atoms with Crippen molar-refractivity contribution in [3.8, 4) is 0 Å². The molecule has 0 spiro atoms. The fourth-order valence-corrected chi connectivity index (χ4v) is 2.55. The number of hydrogen-bond donors (Lipinski definition) is 1. The zero-order chi connectivity index (χ0) is 10.5. The van der Waals surface area contributed by atoms with E-state index >= 15 is 0 Å². The topological polar surface area (TPSA) is 21.3 Å². The lowest BCUT2D eigenvalue weighted by molar-refractivity contribution is 0.113. The molecule has 0 aromatic carbocycles. The average molecular weight is 209 g/mol. The van der Waals surface area contributed by atoms with E-state index in [1.807, 2.05) is 0 Å². The highest BCUT2D eigenvalue weighted by Crippen LogP contribution is 2.20. The van der Waals surface area contributed by atoms with Gasteiger partial charge in [0.05, 0.1) is 6.10 Å². The lowest BCUT2D eigenvalue weighted by atomic mass is 9.97. The molecule has 0 bridgehead atoms. The molecule has 0 saturated carbocycles. The highest BCUT2D eigenvalue weighted by Gasteiger charge is 2.23. The zero-order valence-corrected chi connectivity index (χ0v) is 9.80. The molecule has 0 amide bonds. The molecule has 0 unspecified atom stereocenters. The number of rotatable bonds is 4. The van der Waals surface area contributed by atoms with E-state index in [1.54, 1.807) is 5.57 Å². The average Bonchev–Trinajstić information content (AvgIpc) is 2.66. The molecule has 2 atom stereocenters. The summed E-state index contributed by atoms with van der Waals surface area (Å²) in [6, 6.07) is 0.592. The molecule has 0 radical (unpaired) electrons. The number of ether oxygens (including phenoxy) is 1. The van der Waals surface area contributed by atoms with Gasteiger partial charge in [-0.3, -0.25) is 0 Å². The van der Waals surface area contributed by atoms with Gasteiger partial charge in [0.15, 0.2) is 0 Å². The Hall–Kier alpha value is -0.340. The van der Waals surface area contributed by atoms with Gasteiger partial charge in [-0.25, -0.2) is 0 Å². The molecule has 1 N–H and O–H groups in total. The van der Waals surface area contributed by atoms with Crippen molar-refractivity contribution in [3.05, 3.63) is 11.6 Å². The Bertz CT molecular complexity index is 225. The van der Waals surface area contributed by atoms with Crippen LogP contribution in [0.5, 0.6) is 0 Å². The van der Waals surface area contributed by atoms with Crippen molar-refractivity contribution in [2.24, 2.45) is 0 Å². The molecule has 0 aromatic heterocycles. The molecule has 15 heavy (non-hydrogen) atoms. The van der Waals surface area contributed by atoms with Crippen LogP contribution in [0.1, 0.15) is 45.4 Å². The van der Waals surface area contributed by atoms with Crippen molar-refractivity contribution in [1.82, 2.24) is 5.32 Å². The summed E-state index contributed by atoms with van der Waals surface area (Å²) in [6.07, 6.45) is 10.7. The smallest absolute Gasteiger partial charge is 0.0700 e. The van der Waals surface area contributed by atoms with Crippen molar-refractivity contribution in [3.63, 3.8) is 0 Å². The van der Waals surface area contributed by atoms with Crippen LogP contribution >= 0.6 is 0 Å². The Kier molecular flexibility index (Phi) is 4.21. The quantitative estimate of drug-likeness (QED) is 0.719. The van der Waals surface area contributed by atoms with Gasteiger partial charge in [0, 0.05) is 12.6 Å². The fraction of sp³-hybridized carbons (Fsp3) is 0.846. The van der Waals surface area contributed by atoms with Crippen LogP contribution < -0.4 is 5.32 Å². The standard InChI is InChI=1S/C13H23NO/c1-11-13(8-10-15-11)14-9-7-12-5-3-2-4-6-12/h5,11,13-14H,2-4,6-10H2,1H3/t11-,13+/m1/s1. The Morgan fingerprint density at radius 2 is 2.40 bits per heavy atom. The summed E-state index contributed by atoms with van der Waals surface area (Å²) in [6.45, 7) is 4.23. The van der Waals surface area contributed by atoms with Gasteiger partial charge in [0.2, 0.25) is 0 Å². The Labute approximate surface area is 93.1 Å². The molecular formula is C13H23NO. The molecule has 1 aliphatic carbocycles. The Balaban J connectivity index is 1.63. The van der Waals surface area contributed by atoms with Crippen LogP contribution in [-0.2, 0) is 4.74 Å². The van der Waals surface area contributed by atoms with Gasteiger partial charge in [-0.05, 0) is 52.0 Å². The maximum atomic E-state index is 5.53. The van der Waals surface area contributed by atoms with Crippen molar-refractivity contribution >= 4 is 0 Å². The minimum absolute atomic E-state index is 0.408. The summed E-state index contributed by atoms with van der Waals surface area (Å²) >= 11 is 0.